The van der Waals surface area contributed by atoms with Crippen LogP contribution in [0.4, 0.5) is 10.5 Å². The first-order chi connectivity index (χ1) is 14.4. The van der Waals surface area contributed by atoms with E-state index in [0.29, 0.717) is 22.0 Å². The van der Waals surface area contributed by atoms with Gasteiger partial charge in [0.1, 0.15) is 11.8 Å². The number of pyridine rings is 1. The fourth-order valence-corrected chi connectivity index (χ4v) is 3.12. The molecular formula is C22H22ClN3O4. The Morgan fingerprint density at radius 2 is 1.97 bits per heavy atom. The third-order valence-electron chi connectivity index (χ3n) is 4.36. The van der Waals surface area contributed by atoms with Gasteiger partial charge in [-0.1, -0.05) is 23.7 Å². The zero-order valence-corrected chi connectivity index (χ0v) is 17.6. The van der Waals surface area contributed by atoms with E-state index in [2.05, 4.69) is 15.6 Å². The maximum absolute atomic E-state index is 12.2. The Balaban J connectivity index is 1.84. The Bertz CT molecular complexity index is 1090. The van der Waals surface area contributed by atoms with Gasteiger partial charge in [0.25, 0.3) is 0 Å². The second-order valence-electron chi connectivity index (χ2n) is 6.52. The molecule has 7 nitrogen and oxygen atoms in total. The monoisotopic (exact) mass is 427 g/mol. The first-order valence-electron chi connectivity index (χ1n) is 9.40. The minimum Gasteiger partial charge on any atom is -0.496 e. The van der Waals surface area contributed by atoms with E-state index in [-0.39, 0.29) is 6.61 Å². The molecule has 2 aromatic carbocycles. The Labute approximate surface area is 179 Å². The lowest BCUT2D eigenvalue weighted by Gasteiger charge is -2.14. The average Bonchev–Trinajstić information content (AvgIpc) is 2.73. The van der Waals surface area contributed by atoms with E-state index < -0.39 is 18.0 Å². The van der Waals surface area contributed by atoms with Crippen molar-refractivity contribution in [3.8, 4) is 17.0 Å². The molecule has 1 atom stereocenters. The lowest BCUT2D eigenvalue weighted by molar-refractivity contribution is -0.144. The van der Waals surface area contributed by atoms with Gasteiger partial charge in [-0.05, 0) is 44.2 Å². The van der Waals surface area contributed by atoms with Gasteiger partial charge in [-0.2, -0.15) is 0 Å². The molecule has 3 rings (SSSR count). The van der Waals surface area contributed by atoms with Gasteiger partial charge < -0.3 is 20.1 Å². The number of fused-ring (bicyclic) bond motifs is 1. The highest BCUT2D eigenvalue weighted by atomic mass is 35.5. The predicted octanol–water partition coefficient (Wildman–Crippen LogP) is 4.64. The van der Waals surface area contributed by atoms with Crippen molar-refractivity contribution in [2.24, 2.45) is 0 Å². The quantitative estimate of drug-likeness (QED) is 0.559. The van der Waals surface area contributed by atoms with Crippen molar-refractivity contribution in [3.63, 3.8) is 0 Å². The molecule has 0 aliphatic heterocycles. The van der Waals surface area contributed by atoms with E-state index in [1.54, 1.807) is 45.2 Å². The molecule has 30 heavy (non-hydrogen) atoms. The van der Waals surface area contributed by atoms with Gasteiger partial charge in [-0.25, -0.2) is 14.6 Å². The highest BCUT2D eigenvalue weighted by Gasteiger charge is 2.17. The first-order valence-corrected chi connectivity index (χ1v) is 9.78. The van der Waals surface area contributed by atoms with E-state index in [4.69, 9.17) is 21.1 Å². The molecule has 0 spiro atoms. The molecule has 1 heterocycles. The molecule has 0 aliphatic rings. The fraction of sp³-hybridized carbons (Fsp3) is 0.227. The molecule has 156 valence electrons. The van der Waals surface area contributed by atoms with Crippen molar-refractivity contribution in [3.05, 3.63) is 53.6 Å². The summed E-state index contributed by atoms with van der Waals surface area (Å²) in [5.41, 5.74) is 2.84. The summed E-state index contributed by atoms with van der Waals surface area (Å²) in [5, 5.41) is 6.61. The molecule has 3 aromatic rings. The number of halogens is 1. The topological polar surface area (TPSA) is 89.5 Å². The number of carbonyl (C=O) groups is 2. The smallest absolute Gasteiger partial charge is 0.328 e. The SMILES string of the molecule is CCOC(=O)[C@H](C)NC(=O)Nc1ccc2nc(-c3cccc(Cl)c3)cc(OC)c2c1. The second kappa shape index (κ2) is 9.45. The second-order valence-corrected chi connectivity index (χ2v) is 6.96. The molecule has 0 saturated heterocycles. The number of urea groups is 1. The summed E-state index contributed by atoms with van der Waals surface area (Å²) < 4.78 is 10.4. The van der Waals surface area contributed by atoms with Crippen LogP contribution in [-0.4, -0.2) is 36.7 Å². The maximum atomic E-state index is 12.2. The lowest BCUT2D eigenvalue weighted by Crippen LogP contribution is -2.41. The Hall–Kier alpha value is -3.32. The van der Waals surface area contributed by atoms with Crippen LogP contribution in [0.15, 0.2) is 48.5 Å². The van der Waals surface area contributed by atoms with Crippen molar-refractivity contribution < 1.29 is 19.1 Å². The number of rotatable bonds is 6. The Kier molecular flexibility index (Phi) is 6.74. The summed E-state index contributed by atoms with van der Waals surface area (Å²) in [6, 6.07) is 13.2. The molecule has 0 bridgehead atoms. The molecule has 2 amide bonds. The molecule has 2 N–H and O–H groups in total. The minimum absolute atomic E-state index is 0.251. The van der Waals surface area contributed by atoms with Crippen LogP contribution >= 0.6 is 11.6 Å². The van der Waals surface area contributed by atoms with Crippen LogP contribution < -0.4 is 15.4 Å². The van der Waals surface area contributed by atoms with Gasteiger partial charge in [-0.15, -0.1) is 0 Å². The first kappa shape index (κ1) is 21.4. The summed E-state index contributed by atoms with van der Waals surface area (Å²) >= 11 is 6.09. The summed E-state index contributed by atoms with van der Waals surface area (Å²) in [7, 11) is 1.57. The third kappa shape index (κ3) is 4.99. The number of ether oxygens (including phenoxy) is 2. The largest absolute Gasteiger partial charge is 0.496 e. The van der Waals surface area contributed by atoms with Crippen molar-refractivity contribution in [2.75, 3.05) is 19.0 Å². The van der Waals surface area contributed by atoms with Crippen molar-refractivity contribution in [1.82, 2.24) is 10.3 Å². The summed E-state index contributed by atoms with van der Waals surface area (Å²) in [4.78, 5) is 28.5. The van der Waals surface area contributed by atoms with Gasteiger partial charge in [0, 0.05) is 27.7 Å². The van der Waals surface area contributed by atoms with Crippen LogP contribution in [0.1, 0.15) is 13.8 Å². The zero-order valence-electron chi connectivity index (χ0n) is 16.9. The molecule has 0 unspecified atom stereocenters. The number of aromatic nitrogens is 1. The Morgan fingerprint density at radius 3 is 2.67 bits per heavy atom. The van der Waals surface area contributed by atoms with Gasteiger partial charge >= 0.3 is 12.0 Å². The number of carbonyl (C=O) groups excluding carboxylic acids is 2. The maximum Gasteiger partial charge on any atom is 0.328 e. The molecule has 1 aromatic heterocycles. The van der Waals surface area contributed by atoms with E-state index >= 15 is 0 Å². The van der Waals surface area contributed by atoms with E-state index in [1.165, 1.54) is 0 Å². The third-order valence-corrected chi connectivity index (χ3v) is 4.59. The lowest BCUT2D eigenvalue weighted by atomic mass is 10.1. The number of esters is 1. The van der Waals surface area contributed by atoms with E-state index in [1.807, 2.05) is 24.3 Å². The number of hydrogen-bond acceptors (Lipinski definition) is 5. The van der Waals surface area contributed by atoms with Crippen LogP contribution in [-0.2, 0) is 9.53 Å². The number of amides is 2. The number of nitrogens with one attached hydrogen (secondary N) is 2. The standard InChI is InChI=1S/C22H22ClN3O4/c1-4-30-21(27)13(2)24-22(28)25-16-8-9-18-17(11-16)20(29-3)12-19(26-18)14-6-5-7-15(23)10-14/h5-13H,4H2,1-3H3,(H2,24,25,28)/t13-/m0/s1. The molecular weight excluding hydrogens is 406 g/mol. The number of methoxy groups -OCH3 is 1. The van der Waals surface area contributed by atoms with Crippen LogP contribution in [0.25, 0.3) is 22.2 Å². The van der Waals surface area contributed by atoms with Crippen molar-refractivity contribution in [2.45, 2.75) is 19.9 Å². The zero-order chi connectivity index (χ0) is 21.7. The van der Waals surface area contributed by atoms with Crippen LogP contribution in [0, 0.1) is 0 Å². The normalized spacial score (nSPS) is 11.6. The van der Waals surface area contributed by atoms with Crippen LogP contribution in [0.2, 0.25) is 5.02 Å². The van der Waals surface area contributed by atoms with Gasteiger partial charge in [0.15, 0.2) is 0 Å². The number of anilines is 1. The molecule has 0 radical (unpaired) electrons. The fourth-order valence-electron chi connectivity index (χ4n) is 2.93. The highest BCUT2D eigenvalue weighted by molar-refractivity contribution is 6.30. The highest BCUT2D eigenvalue weighted by Crippen LogP contribution is 2.32. The molecule has 0 saturated carbocycles. The average molecular weight is 428 g/mol. The van der Waals surface area contributed by atoms with E-state index in [0.717, 1.165) is 16.6 Å². The number of nitrogens with zero attached hydrogens (tertiary/aromatic N) is 1. The molecule has 0 aliphatic carbocycles. The van der Waals surface area contributed by atoms with Gasteiger partial charge in [-0.3, -0.25) is 0 Å². The molecule has 8 heteroatoms. The van der Waals surface area contributed by atoms with Crippen molar-refractivity contribution >= 4 is 40.2 Å². The van der Waals surface area contributed by atoms with Crippen LogP contribution in [0.5, 0.6) is 5.75 Å². The number of hydrogen-bond donors (Lipinski definition) is 2. The van der Waals surface area contributed by atoms with Gasteiger partial charge in [0.05, 0.1) is 24.9 Å². The summed E-state index contributed by atoms with van der Waals surface area (Å²) in [5.74, 6) is 0.115. The molecule has 0 fully saturated rings. The summed E-state index contributed by atoms with van der Waals surface area (Å²) in [6.45, 7) is 3.52. The van der Waals surface area contributed by atoms with Crippen molar-refractivity contribution in [1.29, 1.82) is 0 Å². The minimum atomic E-state index is -0.762. The Morgan fingerprint density at radius 1 is 1.17 bits per heavy atom. The summed E-state index contributed by atoms with van der Waals surface area (Å²) in [6.07, 6.45) is 0. The van der Waals surface area contributed by atoms with E-state index in [9.17, 15) is 9.59 Å². The number of benzene rings is 2. The van der Waals surface area contributed by atoms with Crippen LogP contribution in [0.3, 0.4) is 0 Å². The predicted molar refractivity (Wildman–Crippen MR) is 117 cm³/mol. The van der Waals surface area contributed by atoms with Gasteiger partial charge in [0.2, 0.25) is 0 Å².